The van der Waals surface area contributed by atoms with Crippen molar-refractivity contribution in [3.63, 3.8) is 0 Å². The molecule has 0 aliphatic carbocycles. The molecule has 0 atom stereocenters. The van der Waals surface area contributed by atoms with Gasteiger partial charge >= 0.3 is 13.2 Å². The standard InChI is InChI=1S/C11H16N5O.BF4/c1-13(2)11(14(3)4)15-9-7-5-6-8-10(9)16(17)12-15;2-1(3,4)5/h5-8H,1-4H3;/q+1;-1. The molecule has 0 fully saturated rings. The molecule has 0 amide bonds. The normalized spacial score (nSPS) is 10.9. The first-order valence-electron chi connectivity index (χ1n) is 6.19. The van der Waals surface area contributed by atoms with Gasteiger partial charge in [0.1, 0.15) is 0 Å². The number of aromatic nitrogens is 3. The van der Waals surface area contributed by atoms with Crippen molar-refractivity contribution in [1.82, 2.24) is 14.8 Å². The first-order chi connectivity index (χ1) is 10.0. The van der Waals surface area contributed by atoms with Crippen molar-refractivity contribution in [1.29, 1.82) is 0 Å². The fourth-order valence-corrected chi connectivity index (χ4v) is 1.91. The molecule has 0 saturated carbocycles. The SMILES string of the molecule is CN(C)C(n1n[n+]([O-])c2ccccc21)=[N+](C)C.F[B-](F)(F)F. The lowest BCUT2D eigenvalue weighted by atomic mass is 10.3. The summed E-state index contributed by atoms with van der Waals surface area (Å²) in [6.45, 7) is 0. The summed E-state index contributed by atoms with van der Waals surface area (Å²) in [5.74, 6) is 0.829. The van der Waals surface area contributed by atoms with Crippen molar-refractivity contribution in [3.8, 4) is 0 Å². The third-order valence-corrected chi connectivity index (χ3v) is 2.48. The zero-order valence-corrected chi connectivity index (χ0v) is 12.5. The second kappa shape index (κ2) is 6.63. The fraction of sp³-hybridized carbons (Fsp3) is 0.364. The molecule has 0 radical (unpaired) electrons. The van der Waals surface area contributed by atoms with Crippen LogP contribution in [0.5, 0.6) is 0 Å². The third-order valence-electron chi connectivity index (χ3n) is 2.48. The van der Waals surface area contributed by atoms with E-state index in [1.807, 2.05) is 55.9 Å². The van der Waals surface area contributed by atoms with E-state index >= 15 is 0 Å². The van der Waals surface area contributed by atoms with Gasteiger partial charge in [-0.25, -0.2) is 0 Å². The molecule has 6 nitrogen and oxygen atoms in total. The number of nitrogens with zero attached hydrogens (tertiary/aromatic N) is 5. The molecule has 2 aromatic rings. The second-order valence-corrected chi connectivity index (χ2v) is 4.75. The van der Waals surface area contributed by atoms with E-state index in [9.17, 15) is 22.5 Å². The highest BCUT2D eigenvalue weighted by Gasteiger charge is 2.23. The monoisotopic (exact) mass is 321 g/mol. The Kier molecular flexibility index (Phi) is 5.34. The van der Waals surface area contributed by atoms with Crippen LogP contribution in [0.4, 0.5) is 17.3 Å². The first kappa shape index (κ1) is 17.7. The van der Waals surface area contributed by atoms with E-state index in [0.717, 1.165) is 11.5 Å². The van der Waals surface area contributed by atoms with Gasteiger partial charge in [0.05, 0.1) is 33.4 Å². The summed E-state index contributed by atoms with van der Waals surface area (Å²) in [5.41, 5.74) is 1.36. The Morgan fingerprint density at radius 2 is 1.73 bits per heavy atom. The van der Waals surface area contributed by atoms with Crippen molar-refractivity contribution < 1.29 is 26.7 Å². The summed E-state index contributed by atoms with van der Waals surface area (Å²) in [6.07, 6.45) is 0. The maximum atomic E-state index is 11.7. The molecular formula is C11H16BF4N5O. The molecule has 1 heterocycles. The zero-order valence-electron chi connectivity index (χ0n) is 12.5. The molecule has 11 heteroatoms. The van der Waals surface area contributed by atoms with Crippen molar-refractivity contribution in [2.45, 2.75) is 0 Å². The number of hydrogen-bond donors (Lipinski definition) is 0. The first-order valence-corrected chi connectivity index (χ1v) is 6.19. The summed E-state index contributed by atoms with van der Waals surface area (Å²) in [7, 11) is 1.67. The number of para-hydroxylation sites is 2. The molecule has 1 aromatic carbocycles. The Bertz CT molecular complexity index is 673. The topological polar surface area (TPSA) is 51.0 Å². The van der Waals surface area contributed by atoms with Gasteiger partial charge in [-0.2, -0.15) is 0 Å². The van der Waals surface area contributed by atoms with E-state index in [-0.39, 0.29) is 0 Å². The Hall–Kier alpha value is -2.33. The molecule has 2 rings (SSSR count). The van der Waals surface area contributed by atoms with Crippen LogP contribution in [0.2, 0.25) is 0 Å². The summed E-state index contributed by atoms with van der Waals surface area (Å²) in [4.78, 5) is 2.56. The van der Waals surface area contributed by atoms with E-state index in [2.05, 4.69) is 5.21 Å². The van der Waals surface area contributed by atoms with Crippen LogP contribution in [0.1, 0.15) is 0 Å². The minimum absolute atomic E-state index is 0.564. The van der Waals surface area contributed by atoms with Gasteiger partial charge in [0.2, 0.25) is 0 Å². The number of hydrogen-bond acceptors (Lipinski definition) is 2. The van der Waals surface area contributed by atoms with Crippen molar-refractivity contribution in [3.05, 3.63) is 29.5 Å². The van der Waals surface area contributed by atoms with Crippen LogP contribution < -0.4 is 4.85 Å². The van der Waals surface area contributed by atoms with Crippen LogP contribution in [-0.4, -0.2) is 60.8 Å². The van der Waals surface area contributed by atoms with Gasteiger partial charge in [-0.3, -0.25) is 9.48 Å². The molecule has 1 aromatic heterocycles. The molecule has 0 saturated heterocycles. The summed E-state index contributed by atoms with van der Waals surface area (Å²) in [6, 6.07) is 7.36. The number of fused-ring (bicyclic) bond motifs is 1. The van der Waals surface area contributed by atoms with Gasteiger partial charge in [0, 0.05) is 0 Å². The molecule has 0 bridgehead atoms. The Morgan fingerprint density at radius 3 is 2.18 bits per heavy atom. The maximum Gasteiger partial charge on any atom is 0.673 e. The highest BCUT2D eigenvalue weighted by atomic mass is 19.5. The average molecular weight is 321 g/mol. The number of rotatable bonds is 0. The quantitative estimate of drug-likeness (QED) is 0.182. The maximum absolute atomic E-state index is 11.7. The summed E-state index contributed by atoms with van der Waals surface area (Å²) in [5, 5.41) is 15.7. The zero-order chi connectivity index (χ0) is 17.1. The molecule has 0 unspecified atom stereocenters. The number of halogens is 4. The van der Waals surface area contributed by atoms with E-state index < -0.39 is 7.25 Å². The van der Waals surface area contributed by atoms with Gasteiger partial charge in [-0.15, -0.1) is 4.85 Å². The van der Waals surface area contributed by atoms with Crippen molar-refractivity contribution >= 4 is 24.2 Å². The highest BCUT2D eigenvalue weighted by Crippen LogP contribution is 2.08. The molecule has 0 aliphatic rings. The van der Waals surface area contributed by atoms with Crippen molar-refractivity contribution in [2.75, 3.05) is 28.2 Å². The fourth-order valence-electron chi connectivity index (χ4n) is 1.91. The molecule has 0 N–H and O–H groups in total. The average Bonchev–Trinajstić information content (AvgIpc) is 2.65. The van der Waals surface area contributed by atoms with Crippen LogP contribution in [0.25, 0.3) is 11.0 Å². The minimum atomic E-state index is -6.00. The Morgan fingerprint density at radius 1 is 1.23 bits per heavy atom. The van der Waals surface area contributed by atoms with Crippen LogP contribution in [-0.2, 0) is 0 Å². The van der Waals surface area contributed by atoms with E-state index in [0.29, 0.717) is 10.4 Å². The molecule has 0 spiro atoms. The second-order valence-electron chi connectivity index (χ2n) is 4.75. The molecule has 122 valence electrons. The van der Waals surface area contributed by atoms with Crippen LogP contribution in [0.3, 0.4) is 0 Å². The van der Waals surface area contributed by atoms with Gasteiger partial charge in [0.25, 0.3) is 0 Å². The van der Waals surface area contributed by atoms with Gasteiger partial charge in [-0.05, 0) is 12.1 Å². The Balaban J connectivity index is 0.000000422. The highest BCUT2D eigenvalue weighted by molar-refractivity contribution is 6.50. The van der Waals surface area contributed by atoms with Gasteiger partial charge in [0.15, 0.2) is 11.0 Å². The largest absolute Gasteiger partial charge is 0.691 e. The van der Waals surface area contributed by atoms with Crippen LogP contribution >= 0.6 is 0 Å². The third kappa shape index (κ3) is 4.60. The smallest absolute Gasteiger partial charge is 0.673 e. The Labute approximate surface area is 124 Å². The molecule has 22 heavy (non-hydrogen) atoms. The van der Waals surface area contributed by atoms with E-state index in [1.54, 1.807) is 10.7 Å². The predicted molar refractivity (Wildman–Crippen MR) is 75.1 cm³/mol. The van der Waals surface area contributed by atoms with Crippen LogP contribution in [0, 0.1) is 5.21 Å². The molecular weight excluding hydrogens is 305 g/mol. The summed E-state index contributed by atoms with van der Waals surface area (Å²) < 4.78 is 42.6. The molecule has 0 aliphatic heterocycles. The lowest BCUT2D eigenvalue weighted by molar-refractivity contribution is -0.645. The minimum Gasteiger partial charge on any atom is -0.691 e. The lowest BCUT2D eigenvalue weighted by Crippen LogP contribution is -2.39. The predicted octanol–water partition coefficient (Wildman–Crippen LogP) is 1.01. The van der Waals surface area contributed by atoms with E-state index in [1.165, 1.54) is 0 Å². The number of benzene rings is 1. The van der Waals surface area contributed by atoms with Gasteiger partial charge in [-0.1, -0.05) is 16.8 Å². The van der Waals surface area contributed by atoms with Crippen molar-refractivity contribution in [2.24, 2.45) is 0 Å². The van der Waals surface area contributed by atoms with E-state index in [4.69, 9.17) is 0 Å². The lowest BCUT2D eigenvalue weighted by Gasteiger charge is -2.09. The summed E-state index contributed by atoms with van der Waals surface area (Å²) >= 11 is 0. The van der Waals surface area contributed by atoms with Crippen LogP contribution in [0.15, 0.2) is 24.3 Å². The van der Waals surface area contributed by atoms with Gasteiger partial charge < -0.3 is 22.5 Å².